The van der Waals surface area contributed by atoms with E-state index in [9.17, 15) is 0 Å². The Morgan fingerprint density at radius 3 is 2.06 bits per heavy atom. The van der Waals surface area contributed by atoms with Crippen LogP contribution < -0.4 is 0 Å². The molecule has 0 N–H and O–H groups in total. The second-order valence-corrected chi connectivity index (χ2v) is 5.77. The molecular weight excluding hydrogens is 268 g/mol. The third-order valence-electron chi connectivity index (χ3n) is 2.62. The SMILES string of the molecule is CCCC([SiH3])C(OCC)(OCC)C(=S)OOCC. The van der Waals surface area contributed by atoms with Crippen molar-refractivity contribution in [1.29, 1.82) is 0 Å². The first kappa shape index (κ1) is 18.0. The van der Waals surface area contributed by atoms with Gasteiger partial charge >= 0.3 is 0 Å². The predicted octanol–water partition coefficient (Wildman–Crippen LogP) is 2.01. The maximum atomic E-state index is 5.81. The van der Waals surface area contributed by atoms with Crippen molar-refractivity contribution in [1.82, 2.24) is 0 Å². The van der Waals surface area contributed by atoms with E-state index in [1.165, 1.54) is 0 Å². The lowest BCUT2D eigenvalue weighted by atomic mass is 10.1. The van der Waals surface area contributed by atoms with Crippen LogP contribution in [-0.4, -0.2) is 40.9 Å². The van der Waals surface area contributed by atoms with Gasteiger partial charge in [0.1, 0.15) is 0 Å². The lowest BCUT2D eigenvalue weighted by Crippen LogP contribution is -2.48. The van der Waals surface area contributed by atoms with Crippen molar-refractivity contribution in [3.8, 4) is 0 Å². The third-order valence-corrected chi connectivity index (χ3v) is 4.31. The average molecular weight is 294 g/mol. The van der Waals surface area contributed by atoms with Crippen molar-refractivity contribution in [2.75, 3.05) is 19.8 Å². The van der Waals surface area contributed by atoms with Gasteiger partial charge in [-0.3, -0.25) is 0 Å². The van der Waals surface area contributed by atoms with Gasteiger partial charge in [0.25, 0.3) is 5.05 Å². The quantitative estimate of drug-likeness (QED) is 0.202. The fraction of sp³-hybridized carbons (Fsp3) is 0.917. The van der Waals surface area contributed by atoms with Gasteiger partial charge in [0.2, 0.25) is 5.79 Å². The highest BCUT2D eigenvalue weighted by atomic mass is 32.1. The number of ether oxygens (including phenoxy) is 2. The zero-order chi connectivity index (χ0) is 14.0. The van der Waals surface area contributed by atoms with Crippen LogP contribution >= 0.6 is 12.2 Å². The Morgan fingerprint density at radius 2 is 1.67 bits per heavy atom. The molecule has 1 atom stereocenters. The summed E-state index contributed by atoms with van der Waals surface area (Å²) in [4.78, 5) is 10.1. The second kappa shape index (κ2) is 9.86. The Hall–Kier alpha value is -0.0131. The smallest absolute Gasteiger partial charge is 0.265 e. The maximum Gasteiger partial charge on any atom is 0.265 e. The number of thiocarbonyl (C=S) groups is 1. The van der Waals surface area contributed by atoms with E-state index in [1.807, 2.05) is 20.8 Å². The van der Waals surface area contributed by atoms with Gasteiger partial charge in [-0.2, -0.15) is 4.89 Å². The summed E-state index contributed by atoms with van der Waals surface area (Å²) in [5.74, 6) is -0.934. The highest BCUT2D eigenvalue weighted by Gasteiger charge is 2.44. The fourth-order valence-electron chi connectivity index (χ4n) is 1.87. The summed E-state index contributed by atoms with van der Waals surface area (Å²) in [5, 5.41) is 0.251. The first-order valence-corrected chi connectivity index (χ1v) is 8.26. The normalized spacial score (nSPS) is 13.6. The summed E-state index contributed by atoms with van der Waals surface area (Å²) in [6, 6.07) is 0. The van der Waals surface area contributed by atoms with Gasteiger partial charge in [-0.25, -0.2) is 0 Å². The first-order chi connectivity index (χ1) is 8.58. The lowest BCUT2D eigenvalue weighted by Gasteiger charge is -2.37. The Labute approximate surface area is 119 Å². The van der Waals surface area contributed by atoms with Crippen LogP contribution in [0.5, 0.6) is 0 Å². The fourth-order valence-corrected chi connectivity index (χ4v) is 3.62. The van der Waals surface area contributed by atoms with Crippen LogP contribution in [0.4, 0.5) is 0 Å². The zero-order valence-corrected chi connectivity index (χ0v) is 15.0. The largest absolute Gasteiger partial charge is 0.343 e. The molecule has 0 bridgehead atoms. The van der Waals surface area contributed by atoms with Gasteiger partial charge in [-0.15, -0.1) is 0 Å². The molecule has 0 spiro atoms. The summed E-state index contributed by atoms with van der Waals surface area (Å²) in [5.41, 5.74) is 0.246. The van der Waals surface area contributed by atoms with Crippen LogP contribution in [0.15, 0.2) is 0 Å². The van der Waals surface area contributed by atoms with Crippen molar-refractivity contribution in [3.63, 3.8) is 0 Å². The molecule has 0 aromatic rings. The molecule has 108 valence electrons. The second-order valence-electron chi connectivity index (χ2n) is 4.00. The van der Waals surface area contributed by atoms with Crippen LogP contribution in [0, 0.1) is 0 Å². The lowest BCUT2D eigenvalue weighted by molar-refractivity contribution is -0.259. The Kier molecular flexibility index (Phi) is 9.85. The minimum absolute atomic E-state index is 0.246. The van der Waals surface area contributed by atoms with Gasteiger partial charge in [0.05, 0.1) is 6.61 Å². The van der Waals surface area contributed by atoms with Crippen molar-refractivity contribution in [3.05, 3.63) is 0 Å². The number of hydrogen-bond acceptors (Lipinski definition) is 5. The monoisotopic (exact) mass is 294 g/mol. The van der Waals surface area contributed by atoms with Crippen LogP contribution in [0.3, 0.4) is 0 Å². The molecular formula is C12H26O4SSi. The minimum atomic E-state index is -0.934. The van der Waals surface area contributed by atoms with Crippen molar-refractivity contribution in [2.24, 2.45) is 0 Å². The van der Waals surface area contributed by atoms with E-state index in [0.29, 0.717) is 19.8 Å². The Morgan fingerprint density at radius 1 is 1.11 bits per heavy atom. The highest BCUT2D eigenvalue weighted by molar-refractivity contribution is 7.80. The minimum Gasteiger partial charge on any atom is -0.343 e. The Bertz CT molecular complexity index is 232. The van der Waals surface area contributed by atoms with Gasteiger partial charge in [0.15, 0.2) is 0 Å². The molecule has 0 rings (SSSR count). The first-order valence-electron chi connectivity index (χ1n) is 6.70. The average Bonchev–Trinajstić information content (AvgIpc) is 2.35. The predicted molar refractivity (Wildman–Crippen MR) is 79.9 cm³/mol. The van der Waals surface area contributed by atoms with E-state index >= 15 is 0 Å². The van der Waals surface area contributed by atoms with Crippen molar-refractivity contribution in [2.45, 2.75) is 51.9 Å². The summed E-state index contributed by atoms with van der Waals surface area (Å²) >= 11 is 5.30. The van der Waals surface area contributed by atoms with Crippen molar-refractivity contribution >= 4 is 27.5 Å². The van der Waals surface area contributed by atoms with E-state index in [2.05, 4.69) is 6.92 Å². The number of hydrogen-bond donors (Lipinski definition) is 0. The molecule has 0 amide bonds. The molecule has 0 aromatic heterocycles. The molecule has 0 aliphatic carbocycles. The topological polar surface area (TPSA) is 36.9 Å². The zero-order valence-electron chi connectivity index (χ0n) is 12.2. The summed E-state index contributed by atoms with van der Waals surface area (Å²) in [7, 11) is 0.918. The number of rotatable bonds is 10. The van der Waals surface area contributed by atoms with E-state index in [4.69, 9.17) is 31.5 Å². The summed E-state index contributed by atoms with van der Waals surface area (Å²) in [6.07, 6.45) is 2.06. The van der Waals surface area contributed by atoms with Crippen LogP contribution in [0.2, 0.25) is 5.54 Å². The Balaban J connectivity index is 4.98. The molecule has 6 heteroatoms. The standard InChI is InChI=1S/C12H26O4SSi/c1-5-9-10(18)12(13-6-2,14-7-3)11(17)16-15-8-4/h10H,5-9H2,1-4,18H3. The van der Waals surface area contributed by atoms with Gasteiger partial charge < -0.3 is 14.4 Å². The molecule has 0 heterocycles. The van der Waals surface area contributed by atoms with Crippen LogP contribution in [0.25, 0.3) is 0 Å². The van der Waals surface area contributed by atoms with E-state index in [0.717, 1.165) is 23.1 Å². The summed E-state index contributed by atoms with van der Waals surface area (Å²) < 4.78 is 11.6. The molecule has 0 radical (unpaired) electrons. The third kappa shape index (κ3) is 4.93. The molecule has 0 aromatic carbocycles. The highest BCUT2D eigenvalue weighted by Crippen LogP contribution is 2.33. The summed E-state index contributed by atoms with van der Waals surface area (Å²) in [6.45, 7) is 9.33. The van der Waals surface area contributed by atoms with Gasteiger partial charge in [-0.1, -0.05) is 13.3 Å². The van der Waals surface area contributed by atoms with Crippen molar-refractivity contribution < 1.29 is 19.2 Å². The molecule has 0 saturated heterocycles. The molecule has 0 fully saturated rings. The molecule has 1 unspecified atom stereocenters. The molecule has 18 heavy (non-hydrogen) atoms. The molecule has 4 nitrogen and oxygen atoms in total. The maximum absolute atomic E-state index is 5.81. The molecule has 0 aliphatic rings. The van der Waals surface area contributed by atoms with E-state index < -0.39 is 5.79 Å². The van der Waals surface area contributed by atoms with Crippen LogP contribution in [-0.2, 0) is 19.2 Å². The molecule has 0 saturated carbocycles. The van der Waals surface area contributed by atoms with E-state index in [1.54, 1.807) is 0 Å². The van der Waals surface area contributed by atoms with Gasteiger partial charge in [0, 0.05) is 29.0 Å². The van der Waals surface area contributed by atoms with Gasteiger partial charge in [-0.05, 0) is 39.4 Å². The van der Waals surface area contributed by atoms with Crippen LogP contribution in [0.1, 0.15) is 40.5 Å². The van der Waals surface area contributed by atoms with E-state index in [-0.39, 0.29) is 10.6 Å². The molecule has 0 aliphatic heterocycles.